The molecule has 2 aromatic rings. The van der Waals surface area contributed by atoms with Gasteiger partial charge in [-0.05, 0) is 36.1 Å². The molecule has 0 unspecified atom stereocenters. The summed E-state index contributed by atoms with van der Waals surface area (Å²) < 4.78 is 37.8. The van der Waals surface area contributed by atoms with E-state index in [1.807, 2.05) is 30.6 Å². The number of halogens is 1. The first kappa shape index (κ1) is 29.5. The molecule has 0 atom stereocenters. The van der Waals surface area contributed by atoms with Gasteiger partial charge in [0.25, 0.3) is 0 Å². The third kappa shape index (κ3) is 8.51. The summed E-state index contributed by atoms with van der Waals surface area (Å²) in [7, 11) is -3.36. The number of aryl methyl sites for hydroxylation is 1. The van der Waals surface area contributed by atoms with Crippen molar-refractivity contribution in [1.82, 2.24) is 19.2 Å². The molecule has 2 aliphatic heterocycles. The van der Waals surface area contributed by atoms with E-state index in [0.717, 1.165) is 49.4 Å². The monoisotopic (exact) mass is 579 g/mol. The van der Waals surface area contributed by atoms with Crippen LogP contribution in [0.15, 0.2) is 30.6 Å². The minimum absolute atomic E-state index is 0.0177. The molecule has 0 spiro atoms. The number of benzene rings is 1. The third-order valence-corrected chi connectivity index (χ3v) is 9.35. The van der Waals surface area contributed by atoms with Gasteiger partial charge in [-0.3, -0.25) is 9.69 Å². The SMILES string of the molecule is CCc1cnc(N2CCC(Oc3ccc(CN4CCN(S(=O)(=O)CCCOC(C)=O)CC4)cc3Cl)CC2)nc1. The zero-order chi connectivity index (χ0) is 27.8. The zero-order valence-electron chi connectivity index (χ0n) is 22.7. The van der Waals surface area contributed by atoms with Gasteiger partial charge in [-0.25, -0.2) is 18.4 Å². The van der Waals surface area contributed by atoms with Crippen molar-refractivity contribution in [2.75, 3.05) is 56.5 Å². The van der Waals surface area contributed by atoms with Crippen molar-refractivity contribution in [2.24, 2.45) is 0 Å². The molecule has 0 saturated carbocycles. The van der Waals surface area contributed by atoms with Gasteiger partial charge < -0.3 is 14.4 Å². The molecule has 3 heterocycles. The fraction of sp³-hybridized carbons (Fsp3) is 0.593. The van der Waals surface area contributed by atoms with Crippen LogP contribution in [0.1, 0.15) is 44.2 Å². The number of piperidine rings is 1. The number of carbonyl (C=O) groups is 1. The lowest BCUT2D eigenvalue weighted by Crippen LogP contribution is -2.48. The zero-order valence-corrected chi connectivity index (χ0v) is 24.3. The summed E-state index contributed by atoms with van der Waals surface area (Å²) in [5.74, 6) is 1.04. The second kappa shape index (κ2) is 13.7. The van der Waals surface area contributed by atoms with Gasteiger partial charge in [0.2, 0.25) is 16.0 Å². The summed E-state index contributed by atoms with van der Waals surface area (Å²) in [6, 6.07) is 5.89. The van der Waals surface area contributed by atoms with Crippen molar-refractivity contribution >= 4 is 33.5 Å². The fourth-order valence-corrected chi connectivity index (χ4v) is 6.50. The highest BCUT2D eigenvalue weighted by Gasteiger charge is 2.27. The minimum atomic E-state index is -3.36. The maximum absolute atomic E-state index is 12.6. The van der Waals surface area contributed by atoms with E-state index in [4.69, 9.17) is 21.1 Å². The Balaban J connectivity index is 1.21. The highest BCUT2D eigenvalue weighted by atomic mass is 35.5. The van der Waals surface area contributed by atoms with E-state index >= 15 is 0 Å². The number of sulfonamides is 1. The Morgan fingerprint density at radius 3 is 2.36 bits per heavy atom. The average Bonchev–Trinajstić information content (AvgIpc) is 2.93. The quantitative estimate of drug-likeness (QED) is 0.293. The number of carbonyl (C=O) groups excluding carboxylic acids is 1. The normalized spacial score (nSPS) is 17.8. The fourth-order valence-electron chi connectivity index (χ4n) is 4.80. The molecule has 1 aromatic carbocycles. The topological polar surface area (TPSA) is 105 Å². The molecule has 4 rings (SSSR count). The first-order valence-corrected chi connectivity index (χ1v) is 15.6. The molecule has 0 bridgehead atoms. The first-order valence-electron chi connectivity index (χ1n) is 13.6. The van der Waals surface area contributed by atoms with E-state index < -0.39 is 16.0 Å². The largest absolute Gasteiger partial charge is 0.489 e. The number of piperazine rings is 1. The molecule has 214 valence electrons. The molecule has 0 radical (unpaired) electrons. The van der Waals surface area contributed by atoms with Crippen LogP contribution in [0.5, 0.6) is 5.75 Å². The number of nitrogens with zero attached hydrogens (tertiary/aromatic N) is 5. The predicted molar refractivity (Wildman–Crippen MR) is 151 cm³/mol. The van der Waals surface area contributed by atoms with Crippen LogP contribution in [-0.2, 0) is 32.5 Å². The van der Waals surface area contributed by atoms with Crippen LogP contribution in [-0.4, -0.2) is 91.3 Å². The van der Waals surface area contributed by atoms with Gasteiger partial charge in [0.05, 0.1) is 17.4 Å². The van der Waals surface area contributed by atoms with Crippen molar-refractivity contribution in [1.29, 1.82) is 0 Å². The number of ether oxygens (including phenoxy) is 2. The van der Waals surface area contributed by atoms with Crippen molar-refractivity contribution in [3.8, 4) is 5.75 Å². The van der Waals surface area contributed by atoms with Crippen LogP contribution < -0.4 is 9.64 Å². The van der Waals surface area contributed by atoms with Crippen molar-refractivity contribution in [2.45, 2.75) is 52.2 Å². The molecule has 2 fully saturated rings. The van der Waals surface area contributed by atoms with E-state index in [2.05, 4.69) is 26.7 Å². The Morgan fingerprint density at radius 2 is 1.74 bits per heavy atom. The second-order valence-corrected chi connectivity index (χ2v) is 12.5. The van der Waals surface area contributed by atoms with Gasteiger partial charge in [0.1, 0.15) is 11.9 Å². The Kier molecular flexibility index (Phi) is 10.4. The lowest BCUT2D eigenvalue weighted by Gasteiger charge is -2.34. The Hall–Kier alpha value is -2.47. The summed E-state index contributed by atoms with van der Waals surface area (Å²) in [6.45, 7) is 8.05. The Labute approximate surface area is 236 Å². The molecule has 2 saturated heterocycles. The molecule has 0 aliphatic carbocycles. The summed E-state index contributed by atoms with van der Waals surface area (Å²) >= 11 is 6.59. The number of hydrogen-bond donors (Lipinski definition) is 0. The van der Waals surface area contributed by atoms with Gasteiger partial charge in [-0.2, -0.15) is 4.31 Å². The van der Waals surface area contributed by atoms with Gasteiger partial charge >= 0.3 is 5.97 Å². The summed E-state index contributed by atoms with van der Waals surface area (Å²) in [5.41, 5.74) is 2.20. The highest BCUT2D eigenvalue weighted by molar-refractivity contribution is 7.89. The van der Waals surface area contributed by atoms with E-state index in [9.17, 15) is 13.2 Å². The Morgan fingerprint density at radius 1 is 1.05 bits per heavy atom. The van der Waals surface area contributed by atoms with Gasteiger partial charge in [-0.1, -0.05) is 24.6 Å². The lowest BCUT2D eigenvalue weighted by atomic mass is 10.1. The third-order valence-electron chi connectivity index (χ3n) is 7.10. The first-order chi connectivity index (χ1) is 18.7. The molecule has 12 heteroatoms. The summed E-state index contributed by atoms with van der Waals surface area (Å²) in [4.78, 5) is 24.2. The molecule has 10 nitrogen and oxygen atoms in total. The van der Waals surface area contributed by atoms with Crippen LogP contribution in [0.4, 0.5) is 5.95 Å². The van der Waals surface area contributed by atoms with Crippen LogP contribution in [0, 0.1) is 0 Å². The maximum atomic E-state index is 12.6. The van der Waals surface area contributed by atoms with Crippen LogP contribution >= 0.6 is 11.6 Å². The highest BCUT2D eigenvalue weighted by Crippen LogP contribution is 2.29. The average molecular weight is 580 g/mol. The number of rotatable bonds is 11. The summed E-state index contributed by atoms with van der Waals surface area (Å²) in [6.07, 6.45) is 6.84. The number of esters is 1. The summed E-state index contributed by atoms with van der Waals surface area (Å²) in [5, 5.41) is 0.586. The van der Waals surface area contributed by atoms with Gasteiger partial charge in [0, 0.05) is 78.0 Å². The van der Waals surface area contributed by atoms with Crippen LogP contribution in [0.2, 0.25) is 5.02 Å². The smallest absolute Gasteiger partial charge is 0.302 e. The van der Waals surface area contributed by atoms with Crippen LogP contribution in [0.25, 0.3) is 0 Å². The van der Waals surface area contributed by atoms with Gasteiger partial charge in [0.15, 0.2) is 0 Å². The molecule has 0 amide bonds. The standard InChI is InChI=1S/C27H38ClN5O5S/c1-3-22-18-29-27(30-19-22)32-9-7-24(8-10-32)38-26-6-5-23(17-25(26)28)20-31-11-13-33(14-12-31)39(35,36)16-4-15-37-21(2)34/h5-6,17-19,24H,3-4,7-16,20H2,1-2H3. The maximum Gasteiger partial charge on any atom is 0.302 e. The number of aromatic nitrogens is 2. The second-order valence-electron chi connectivity index (χ2n) is 10.00. The number of anilines is 1. The van der Waals surface area contributed by atoms with E-state index in [0.29, 0.717) is 49.9 Å². The molecular formula is C27H38ClN5O5S. The van der Waals surface area contributed by atoms with E-state index in [-0.39, 0.29) is 18.5 Å². The predicted octanol–water partition coefficient (Wildman–Crippen LogP) is 3.14. The minimum Gasteiger partial charge on any atom is -0.489 e. The van der Waals surface area contributed by atoms with E-state index in [1.165, 1.54) is 11.2 Å². The Bertz CT molecular complexity index is 1200. The number of hydrogen-bond acceptors (Lipinski definition) is 9. The van der Waals surface area contributed by atoms with Crippen molar-refractivity contribution < 1.29 is 22.7 Å². The molecule has 2 aliphatic rings. The molecule has 1 aromatic heterocycles. The molecular weight excluding hydrogens is 542 g/mol. The molecule has 39 heavy (non-hydrogen) atoms. The van der Waals surface area contributed by atoms with Crippen molar-refractivity contribution in [3.05, 3.63) is 46.7 Å². The van der Waals surface area contributed by atoms with Gasteiger partial charge in [-0.15, -0.1) is 0 Å². The van der Waals surface area contributed by atoms with E-state index in [1.54, 1.807) is 0 Å². The molecule has 0 N–H and O–H groups in total. The lowest BCUT2D eigenvalue weighted by molar-refractivity contribution is -0.140. The van der Waals surface area contributed by atoms with Crippen LogP contribution in [0.3, 0.4) is 0 Å². The van der Waals surface area contributed by atoms with Crippen molar-refractivity contribution in [3.63, 3.8) is 0 Å².